The van der Waals surface area contributed by atoms with Crippen LogP contribution in [0.15, 0.2) is 79.0 Å². The van der Waals surface area contributed by atoms with Crippen molar-refractivity contribution < 1.29 is 4.74 Å². The van der Waals surface area contributed by atoms with Crippen LogP contribution in [0.2, 0.25) is 10.0 Å². The summed E-state index contributed by atoms with van der Waals surface area (Å²) in [5.74, 6) is 1.54. The molecule has 4 rings (SSSR count). The first-order valence-corrected chi connectivity index (χ1v) is 9.16. The second-order valence-electron chi connectivity index (χ2n) is 5.99. The maximum Gasteiger partial charge on any atom is 0.144 e. The van der Waals surface area contributed by atoms with Crippen molar-refractivity contribution in [1.82, 2.24) is 9.55 Å². The molecular weight excluding hydrogens is 379 g/mol. The quantitative estimate of drug-likeness (QED) is 0.393. The van der Waals surface area contributed by atoms with Crippen LogP contribution in [0.4, 0.5) is 0 Å². The summed E-state index contributed by atoms with van der Waals surface area (Å²) in [6.07, 6.45) is 1.83. The predicted molar refractivity (Wildman–Crippen MR) is 111 cm³/mol. The van der Waals surface area contributed by atoms with Gasteiger partial charge < -0.3 is 4.74 Å². The maximum atomic E-state index is 6.26. The van der Waals surface area contributed by atoms with Crippen LogP contribution >= 0.6 is 23.2 Å². The van der Waals surface area contributed by atoms with Gasteiger partial charge in [-0.1, -0.05) is 59.6 Å². The Balaban J connectivity index is 2.02. The molecule has 3 aromatic carbocycles. The van der Waals surface area contributed by atoms with E-state index in [0.717, 1.165) is 34.1 Å². The fourth-order valence-corrected chi connectivity index (χ4v) is 3.45. The van der Waals surface area contributed by atoms with E-state index < -0.39 is 0 Å². The molecule has 1 heterocycles. The van der Waals surface area contributed by atoms with Crippen LogP contribution < -0.4 is 4.74 Å². The first-order chi connectivity index (χ1) is 13.2. The molecule has 0 fully saturated rings. The minimum Gasteiger partial charge on any atom is -0.496 e. The average Bonchev–Trinajstić information content (AvgIpc) is 3.13. The normalized spacial score (nSPS) is 10.8. The van der Waals surface area contributed by atoms with Crippen LogP contribution in [0.1, 0.15) is 0 Å². The third-order valence-corrected chi connectivity index (χ3v) is 4.77. The zero-order chi connectivity index (χ0) is 18.8. The molecule has 0 unspecified atom stereocenters. The molecule has 0 aliphatic carbocycles. The van der Waals surface area contributed by atoms with Crippen molar-refractivity contribution >= 4 is 23.2 Å². The smallest absolute Gasteiger partial charge is 0.144 e. The van der Waals surface area contributed by atoms with Gasteiger partial charge in [-0.25, -0.2) is 4.98 Å². The molecule has 27 heavy (non-hydrogen) atoms. The molecule has 5 heteroatoms. The summed E-state index contributed by atoms with van der Waals surface area (Å²) in [5.41, 5.74) is 3.65. The van der Waals surface area contributed by atoms with Gasteiger partial charge in [-0.05, 0) is 36.4 Å². The summed E-state index contributed by atoms with van der Waals surface area (Å²) in [6, 6.07) is 23.3. The fraction of sp³-hybridized carbons (Fsp3) is 0.0455. The van der Waals surface area contributed by atoms with Crippen molar-refractivity contribution in [2.75, 3.05) is 7.11 Å². The zero-order valence-electron chi connectivity index (χ0n) is 14.6. The van der Waals surface area contributed by atoms with Gasteiger partial charge in [0.15, 0.2) is 0 Å². The molecule has 4 aromatic rings. The Morgan fingerprint density at radius 3 is 2.37 bits per heavy atom. The minimum atomic E-state index is 0.630. The number of ether oxygens (including phenoxy) is 1. The molecule has 0 saturated heterocycles. The summed E-state index contributed by atoms with van der Waals surface area (Å²) in [4.78, 5) is 4.70. The molecule has 0 atom stereocenters. The topological polar surface area (TPSA) is 27.1 Å². The van der Waals surface area contributed by atoms with E-state index >= 15 is 0 Å². The number of benzene rings is 3. The van der Waals surface area contributed by atoms with Crippen molar-refractivity contribution in [3.05, 3.63) is 89.0 Å². The Labute approximate surface area is 167 Å². The summed E-state index contributed by atoms with van der Waals surface area (Å²) in [7, 11) is 1.64. The first kappa shape index (κ1) is 17.7. The summed E-state index contributed by atoms with van der Waals surface area (Å²) in [6.45, 7) is 0. The minimum absolute atomic E-state index is 0.630. The molecule has 0 bridgehead atoms. The van der Waals surface area contributed by atoms with E-state index in [4.69, 9.17) is 32.9 Å². The second-order valence-corrected chi connectivity index (χ2v) is 6.87. The van der Waals surface area contributed by atoms with Gasteiger partial charge in [0.2, 0.25) is 0 Å². The van der Waals surface area contributed by atoms with Crippen LogP contribution in [0.5, 0.6) is 5.75 Å². The van der Waals surface area contributed by atoms with E-state index in [0.29, 0.717) is 10.0 Å². The Bertz CT molecular complexity index is 1090. The molecule has 0 N–H and O–H groups in total. The van der Waals surface area contributed by atoms with Gasteiger partial charge in [-0.15, -0.1) is 0 Å². The molecule has 0 amide bonds. The molecule has 0 aliphatic rings. The number of hydrogen-bond donors (Lipinski definition) is 0. The van der Waals surface area contributed by atoms with E-state index in [1.807, 2.05) is 79.0 Å². The van der Waals surface area contributed by atoms with Crippen molar-refractivity contribution in [3.8, 4) is 34.1 Å². The molecule has 134 valence electrons. The number of hydrogen-bond acceptors (Lipinski definition) is 2. The highest BCUT2D eigenvalue weighted by atomic mass is 35.5. The maximum absolute atomic E-state index is 6.26. The zero-order valence-corrected chi connectivity index (χ0v) is 16.1. The largest absolute Gasteiger partial charge is 0.496 e. The van der Waals surface area contributed by atoms with E-state index in [9.17, 15) is 0 Å². The van der Waals surface area contributed by atoms with Crippen LogP contribution in [0.25, 0.3) is 28.3 Å². The molecule has 0 aliphatic heterocycles. The summed E-state index contributed by atoms with van der Waals surface area (Å²) in [5, 5.41) is 1.29. The monoisotopic (exact) mass is 394 g/mol. The van der Waals surface area contributed by atoms with Gasteiger partial charge in [0.25, 0.3) is 0 Å². The highest BCUT2D eigenvalue weighted by Crippen LogP contribution is 2.37. The van der Waals surface area contributed by atoms with Gasteiger partial charge in [0.1, 0.15) is 11.6 Å². The Morgan fingerprint density at radius 1 is 0.852 bits per heavy atom. The SMILES string of the molecule is COc1ccc(Cl)cc1-c1cnc(-c2ccccc2)n1-c1cccc(Cl)c1. The predicted octanol–water partition coefficient (Wildman–Crippen LogP) is 6.52. The Morgan fingerprint density at radius 2 is 1.63 bits per heavy atom. The van der Waals surface area contributed by atoms with Crippen LogP contribution in [-0.4, -0.2) is 16.7 Å². The third kappa shape index (κ3) is 3.44. The van der Waals surface area contributed by atoms with Gasteiger partial charge in [0, 0.05) is 26.9 Å². The first-order valence-electron chi connectivity index (χ1n) is 8.40. The molecular formula is C22H16Cl2N2O. The van der Waals surface area contributed by atoms with Crippen molar-refractivity contribution in [1.29, 1.82) is 0 Å². The van der Waals surface area contributed by atoms with Gasteiger partial charge >= 0.3 is 0 Å². The standard InChI is InChI=1S/C22H16Cl2N2O/c1-27-21-11-10-17(24)13-19(21)20-14-25-22(15-6-3-2-4-7-15)26(20)18-9-5-8-16(23)12-18/h2-14H,1H3. The van der Waals surface area contributed by atoms with E-state index in [1.54, 1.807) is 7.11 Å². The van der Waals surface area contributed by atoms with Crippen molar-refractivity contribution in [2.45, 2.75) is 0 Å². The number of rotatable bonds is 4. The summed E-state index contributed by atoms with van der Waals surface area (Å²) >= 11 is 12.5. The lowest BCUT2D eigenvalue weighted by atomic mass is 10.1. The van der Waals surface area contributed by atoms with E-state index in [1.165, 1.54) is 0 Å². The van der Waals surface area contributed by atoms with Crippen molar-refractivity contribution in [2.24, 2.45) is 0 Å². The fourth-order valence-electron chi connectivity index (χ4n) is 3.09. The van der Waals surface area contributed by atoms with Crippen LogP contribution in [-0.2, 0) is 0 Å². The molecule has 3 nitrogen and oxygen atoms in total. The average molecular weight is 395 g/mol. The van der Waals surface area contributed by atoms with Gasteiger partial charge in [0.05, 0.1) is 19.0 Å². The van der Waals surface area contributed by atoms with Crippen LogP contribution in [0, 0.1) is 0 Å². The van der Waals surface area contributed by atoms with Gasteiger partial charge in [-0.2, -0.15) is 0 Å². The lowest BCUT2D eigenvalue weighted by Gasteiger charge is -2.15. The molecule has 1 aromatic heterocycles. The van der Waals surface area contributed by atoms with Crippen LogP contribution in [0.3, 0.4) is 0 Å². The number of nitrogens with zero attached hydrogens (tertiary/aromatic N) is 2. The number of methoxy groups -OCH3 is 1. The molecule has 0 spiro atoms. The highest BCUT2D eigenvalue weighted by molar-refractivity contribution is 6.31. The summed E-state index contributed by atoms with van der Waals surface area (Å²) < 4.78 is 7.62. The molecule has 0 radical (unpaired) electrons. The Hall–Kier alpha value is -2.75. The lowest BCUT2D eigenvalue weighted by molar-refractivity contribution is 0.416. The lowest BCUT2D eigenvalue weighted by Crippen LogP contribution is -2.01. The van der Waals surface area contributed by atoms with Crippen molar-refractivity contribution in [3.63, 3.8) is 0 Å². The van der Waals surface area contributed by atoms with Gasteiger partial charge in [-0.3, -0.25) is 4.57 Å². The Kier molecular flexibility index (Phi) is 4.88. The van der Waals surface area contributed by atoms with E-state index in [-0.39, 0.29) is 0 Å². The number of aromatic nitrogens is 2. The second kappa shape index (κ2) is 7.47. The highest BCUT2D eigenvalue weighted by Gasteiger charge is 2.18. The third-order valence-electron chi connectivity index (χ3n) is 4.30. The number of imidazole rings is 1. The van der Waals surface area contributed by atoms with E-state index in [2.05, 4.69) is 4.57 Å². The molecule has 0 saturated carbocycles. The number of halogens is 2.